The number of benzene rings is 1. The number of fused-ring (bicyclic) bond motifs is 2. The molecule has 156 valence electrons. The lowest BCUT2D eigenvalue weighted by molar-refractivity contribution is 0.140. The summed E-state index contributed by atoms with van der Waals surface area (Å²) in [5, 5.41) is 1.80. The summed E-state index contributed by atoms with van der Waals surface area (Å²) < 4.78 is 9.20. The maximum Gasteiger partial charge on any atom is 0.262 e. The van der Waals surface area contributed by atoms with Crippen LogP contribution in [0.25, 0.3) is 16.6 Å². The molecule has 0 spiro atoms. The van der Waals surface area contributed by atoms with Crippen molar-refractivity contribution in [2.45, 2.75) is 37.7 Å². The molecule has 0 unspecified atom stereocenters. The number of halogens is 1. The lowest BCUT2D eigenvalue weighted by atomic mass is 10.2. The fourth-order valence-electron chi connectivity index (χ4n) is 3.31. The third-order valence-corrected chi connectivity index (χ3v) is 6.00. The SMILES string of the molecule is CCOCCCn1c(SCc2cn3cc(C)ccc3n2)nc2cc(Cl)ccc2c1=O. The molecular formula is C22H23ClN4O2S. The van der Waals surface area contributed by atoms with Crippen LogP contribution in [-0.2, 0) is 17.0 Å². The molecule has 0 saturated carbocycles. The summed E-state index contributed by atoms with van der Waals surface area (Å²) in [6, 6.07) is 9.25. The quantitative estimate of drug-likeness (QED) is 0.224. The fourth-order valence-corrected chi connectivity index (χ4v) is 4.39. The van der Waals surface area contributed by atoms with Crippen LogP contribution in [0.1, 0.15) is 24.6 Å². The van der Waals surface area contributed by atoms with Gasteiger partial charge in [-0.1, -0.05) is 29.4 Å². The topological polar surface area (TPSA) is 61.4 Å². The van der Waals surface area contributed by atoms with Crippen molar-refractivity contribution in [1.29, 1.82) is 0 Å². The molecule has 3 aromatic heterocycles. The van der Waals surface area contributed by atoms with Gasteiger partial charge in [0.1, 0.15) is 5.65 Å². The van der Waals surface area contributed by atoms with Gasteiger partial charge in [-0.25, -0.2) is 9.97 Å². The zero-order valence-electron chi connectivity index (χ0n) is 17.0. The van der Waals surface area contributed by atoms with Crippen molar-refractivity contribution >= 4 is 39.9 Å². The second kappa shape index (κ2) is 9.20. The molecule has 4 aromatic rings. The molecule has 0 N–H and O–H groups in total. The van der Waals surface area contributed by atoms with Gasteiger partial charge in [-0.2, -0.15) is 0 Å². The lowest BCUT2D eigenvalue weighted by Gasteiger charge is -2.13. The first-order valence-corrected chi connectivity index (χ1v) is 11.3. The lowest BCUT2D eigenvalue weighted by Crippen LogP contribution is -2.24. The predicted octanol–water partition coefficient (Wildman–Crippen LogP) is 4.72. The minimum Gasteiger partial charge on any atom is -0.382 e. The second-order valence-corrected chi connectivity index (χ2v) is 8.43. The molecule has 30 heavy (non-hydrogen) atoms. The molecule has 0 aliphatic carbocycles. The third-order valence-electron chi connectivity index (χ3n) is 4.75. The van der Waals surface area contributed by atoms with Gasteiger partial charge >= 0.3 is 0 Å². The number of thioether (sulfide) groups is 1. The van der Waals surface area contributed by atoms with Crippen LogP contribution in [0.5, 0.6) is 0 Å². The Balaban J connectivity index is 1.64. The third kappa shape index (κ3) is 4.53. The van der Waals surface area contributed by atoms with Gasteiger partial charge in [0, 0.05) is 42.9 Å². The van der Waals surface area contributed by atoms with Gasteiger partial charge in [0.2, 0.25) is 0 Å². The molecule has 0 fully saturated rings. The van der Waals surface area contributed by atoms with Crippen LogP contribution in [0.4, 0.5) is 0 Å². The van der Waals surface area contributed by atoms with Crippen LogP contribution in [0.3, 0.4) is 0 Å². The average molecular weight is 443 g/mol. The molecule has 3 heterocycles. The van der Waals surface area contributed by atoms with Crippen LogP contribution < -0.4 is 5.56 Å². The largest absolute Gasteiger partial charge is 0.382 e. The Morgan fingerprint density at radius 2 is 2.03 bits per heavy atom. The van der Waals surface area contributed by atoms with Gasteiger partial charge in [-0.3, -0.25) is 9.36 Å². The first kappa shape index (κ1) is 20.9. The Labute approximate surface area is 183 Å². The predicted molar refractivity (Wildman–Crippen MR) is 122 cm³/mol. The van der Waals surface area contributed by atoms with E-state index in [9.17, 15) is 4.79 Å². The van der Waals surface area contributed by atoms with Crippen molar-refractivity contribution in [3.8, 4) is 0 Å². The summed E-state index contributed by atoms with van der Waals surface area (Å²) in [6.07, 6.45) is 4.82. The number of hydrogen-bond donors (Lipinski definition) is 0. The highest BCUT2D eigenvalue weighted by Crippen LogP contribution is 2.24. The number of aryl methyl sites for hydroxylation is 1. The summed E-state index contributed by atoms with van der Waals surface area (Å²) in [4.78, 5) is 22.5. The summed E-state index contributed by atoms with van der Waals surface area (Å²) >= 11 is 7.64. The highest BCUT2D eigenvalue weighted by molar-refractivity contribution is 7.98. The fraction of sp³-hybridized carbons (Fsp3) is 0.318. The molecule has 4 rings (SSSR count). The van der Waals surface area contributed by atoms with E-state index in [1.54, 1.807) is 22.8 Å². The van der Waals surface area contributed by atoms with Crippen molar-refractivity contribution in [2.24, 2.45) is 0 Å². The Hall–Kier alpha value is -2.35. The van der Waals surface area contributed by atoms with Gasteiger partial charge in [0.25, 0.3) is 5.56 Å². The van der Waals surface area contributed by atoms with Gasteiger partial charge in [-0.15, -0.1) is 0 Å². The van der Waals surface area contributed by atoms with E-state index < -0.39 is 0 Å². The minimum atomic E-state index is -0.0544. The first-order valence-electron chi connectivity index (χ1n) is 9.90. The van der Waals surface area contributed by atoms with Gasteiger partial charge < -0.3 is 9.14 Å². The van der Waals surface area contributed by atoms with E-state index in [1.165, 1.54) is 17.3 Å². The number of ether oxygens (including phenoxy) is 1. The maximum absolute atomic E-state index is 13.1. The summed E-state index contributed by atoms with van der Waals surface area (Å²) in [5.41, 5.74) is 3.58. The number of imidazole rings is 1. The van der Waals surface area contributed by atoms with Crippen LogP contribution in [0.2, 0.25) is 5.02 Å². The molecule has 0 radical (unpaired) electrons. The second-order valence-electron chi connectivity index (χ2n) is 7.06. The average Bonchev–Trinajstić information content (AvgIpc) is 3.13. The molecule has 0 amide bonds. The highest BCUT2D eigenvalue weighted by Gasteiger charge is 2.13. The summed E-state index contributed by atoms with van der Waals surface area (Å²) in [7, 11) is 0. The Morgan fingerprint density at radius 3 is 2.87 bits per heavy atom. The zero-order valence-corrected chi connectivity index (χ0v) is 18.5. The Morgan fingerprint density at radius 1 is 1.17 bits per heavy atom. The highest BCUT2D eigenvalue weighted by atomic mass is 35.5. The number of rotatable bonds is 8. The zero-order chi connectivity index (χ0) is 21.1. The minimum absolute atomic E-state index is 0.0544. The molecule has 0 aliphatic rings. The molecule has 0 aliphatic heterocycles. The van der Waals surface area contributed by atoms with Crippen molar-refractivity contribution in [3.05, 3.63) is 69.4 Å². The van der Waals surface area contributed by atoms with E-state index in [0.29, 0.717) is 46.6 Å². The van der Waals surface area contributed by atoms with E-state index in [-0.39, 0.29) is 5.56 Å². The summed E-state index contributed by atoms with van der Waals surface area (Å²) in [6.45, 7) is 5.84. The van der Waals surface area contributed by atoms with Crippen molar-refractivity contribution < 1.29 is 4.74 Å². The van der Waals surface area contributed by atoms with Crippen molar-refractivity contribution in [2.75, 3.05) is 13.2 Å². The standard InChI is InChI=1S/C22H23ClN4O2S/c1-3-29-10-4-9-27-21(28)18-7-6-16(23)11-19(18)25-22(27)30-14-17-13-26-12-15(2)5-8-20(26)24-17/h5-8,11-13H,3-4,9-10,14H2,1-2H3. The first-order chi connectivity index (χ1) is 14.5. The van der Waals surface area contributed by atoms with Crippen LogP contribution in [-0.4, -0.2) is 32.1 Å². The van der Waals surface area contributed by atoms with Crippen molar-refractivity contribution in [3.63, 3.8) is 0 Å². The van der Waals surface area contributed by atoms with E-state index >= 15 is 0 Å². The van der Waals surface area contributed by atoms with Crippen LogP contribution >= 0.6 is 23.4 Å². The molecular weight excluding hydrogens is 420 g/mol. The molecule has 0 saturated heterocycles. The van der Waals surface area contributed by atoms with Gasteiger partial charge in [0.15, 0.2) is 5.16 Å². The van der Waals surface area contributed by atoms with Gasteiger partial charge in [-0.05, 0) is 50.1 Å². The Kier molecular flexibility index (Phi) is 6.41. The van der Waals surface area contributed by atoms with E-state index in [2.05, 4.69) is 18.1 Å². The number of aromatic nitrogens is 4. The monoisotopic (exact) mass is 442 g/mol. The van der Waals surface area contributed by atoms with Crippen LogP contribution in [0, 0.1) is 6.92 Å². The number of nitrogens with zero attached hydrogens (tertiary/aromatic N) is 4. The van der Waals surface area contributed by atoms with Crippen molar-refractivity contribution in [1.82, 2.24) is 18.9 Å². The van der Waals surface area contributed by atoms with E-state index in [0.717, 1.165) is 17.8 Å². The summed E-state index contributed by atoms with van der Waals surface area (Å²) in [5.74, 6) is 0.616. The van der Waals surface area contributed by atoms with E-state index in [1.807, 2.05) is 29.7 Å². The molecule has 8 heteroatoms. The smallest absolute Gasteiger partial charge is 0.262 e. The number of pyridine rings is 1. The molecule has 0 atom stereocenters. The normalized spacial score (nSPS) is 11.6. The molecule has 1 aromatic carbocycles. The van der Waals surface area contributed by atoms with Crippen LogP contribution in [0.15, 0.2) is 52.7 Å². The Bertz CT molecular complexity index is 1250. The maximum atomic E-state index is 13.1. The molecule has 6 nitrogen and oxygen atoms in total. The molecule has 0 bridgehead atoms. The van der Waals surface area contributed by atoms with E-state index in [4.69, 9.17) is 21.3 Å². The van der Waals surface area contributed by atoms with Gasteiger partial charge in [0.05, 0.1) is 16.6 Å². The number of hydrogen-bond acceptors (Lipinski definition) is 5.